The first-order chi connectivity index (χ1) is 11.2. The van der Waals surface area contributed by atoms with Gasteiger partial charge in [0.05, 0.1) is 24.0 Å². The highest BCUT2D eigenvalue weighted by Crippen LogP contribution is 2.31. The van der Waals surface area contributed by atoms with Crippen LogP contribution in [0, 0.1) is 5.92 Å². The molecule has 1 aromatic heterocycles. The number of anilines is 1. The van der Waals surface area contributed by atoms with E-state index in [9.17, 15) is 9.59 Å². The molecule has 23 heavy (non-hydrogen) atoms. The minimum absolute atomic E-state index is 0.0519. The summed E-state index contributed by atoms with van der Waals surface area (Å²) < 4.78 is 0. The quantitative estimate of drug-likeness (QED) is 0.711. The van der Waals surface area contributed by atoms with Crippen LogP contribution in [0.15, 0.2) is 24.5 Å². The number of nitrogens with zero attached hydrogens (tertiary/aromatic N) is 1. The van der Waals surface area contributed by atoms with Gasteiger partial charge in [0.15, 0.2) is 0 Å². The molecule has 3 N–H and O–H groups in total. The number of pyridine rings is 1. The van der Waals surface area contributed by atoms with Crippen molar-refractivity contribution < 1.29 is 9.59 Å². The number of amides is 2. The summed E-state index contributed by atoms with van der Waals surface area (Å²) in [7, 11) is 0. The van der Waals surface area contributed by atoms with Crippen molar-refractivity contribution in [3.8, 4) is 0 Å². The molecule has 0 radical (unpaired) electrons. The summed E-state index contributed by atoms with van der Waals surface area (Å²) in [5, 5.41) is 9.06. The highest BCUT2D eigenvalue weighted by atomic mass is 16.2. The monoisotopic (exact) mass is 316 g/mol. The van der Waals surface area contributed by atoms with Crippen LogP contribution >= 0.6 is 0 Å². The van der Waals surface area contributed by atoms with Crippen molar-refractivity contribution in [1.29, 1.82) is 0 Å². The molecule has 2 saturated carbocycles. The number of aromatic nitrogens is 1. The Morgan fingerprint density at radius 1 is 1.26 bits per heavy atom. The third-order valence-electron chi connectivity index (χ3n) is 4.67. The normalized spacial score (nSPS) is 19.3. The predicted octanol–water partition coefficient (Wildman–Crippen LogP) is 1.45. The second kappa shape index (κ2) is 7.08. The Hall–Kier alpha value is -1.95. The van der Waals surface area contributed by atoms with Crippen molar-refractivity contribution in [1.82, 2.24) is 15.6 Å². The van der Waals surface area contributed by atoms with Crippen LogP contribution in [0.25, 0.3) is 0 Å². The van der Waals surface area contributed by atoms with Crippen LogP contribution in [0.3, 0.4) is 0 Å². The van der Waals surface area contributed by atoms with Gasteiger partial charge in [-0.15, -0.1) is 0 Å². The molecule has 2 amide bonds. The molecule has 0 aliphatic heterocycles. The summed E-state index contributed by atoms with van der Waals surface area (Å²) in [6.45, 7) is 0.899. The molecular weight excluding hydrogens is 292 g/mol. The molecule has 124 valence electrons. The van der Waals surface area contributed by atoms with Gasteiger partial charge in [0, 0.05) is 12.7 Å². The first-order valence-corrected chi connectivity index (χ1v) is 8.41. The van der Waals surface area contributed by atoms with Gasteiger partial charge in [-0.05, 0) is 43.7 Å². The number of carbonyl (C=O) groups excluding carboxylic acids is 2. The van der Waals surface area contributed by atoms with Crippen molar-refractivity contribution in [2.24, 2.45) is 5.92 Å². The van der Waals surface area contributed by atoms with Crippen molar-refractivity contribution in [3.05, 3.63) is 24.5 Å². The lowest BCUT2D eigenvalue weighted by Crippen LogP contribution is -2.57. The van der Waals surface area contributed by atoms with Crippen molar-refractivity contribution in [2.45, 2.75) is 44.1 Å². The number of hydrogen-bond donors (Lipinski definition) is 3. The number of carbonyl (C=O) groups is 2. The maximum absolute atomic E-state index is 12.6. The summed E-state index contributed by atoms with van der Waals surface area (Å²) in [5.41, 5.74) is 0.0826. The Morgan fingerprint density at radius 3 is 2.70 bits per heavy atom. The van der Waals surface area contributed by atoms with Gasteiger partial charge < -0.3 is 10.6 Å². The molecule has 0 spiro atoms. The molecule has 3 rings (SSSR count). The third kappa shape index (κ3) is 4.28. The Balaban J connectivity index is 1.52. The van der Waals surface area contributed by atoms with Crippen LogP contribution < -0.4 is 16.0 Å². The lowest BCUT2D eigenvalue weighted by molar-refractivity contribution is -0.127. The van der Waals surface area contributed by atoms with Gasteiger partial charge in [0.25, 0.3) is 0 Å². The Labute approximate surface area is 136 Å². The molecule has 0 aromatic carbocycles. The van der Waals surface area contributed by atoms with E-state index in [0.29, 0.717) is 11.6 Å². The van der Waals surface area contributed by atoms with E-state index in [1.807, 2.05) is 0 Å². The molecule has 1 aromatic rings. The molecule has 6 nitrogen and oxygen atoms in total. The van der Waals surface area contributed by atoms with Crippen LogP contribution in [-0.2, 0) is 9.59 Å². The summed E-state index contributed by atoms with van der Waals surface area (Å²) in [6, 6.07) is 3.56. The zero-order valence-corrected chi connectivity index (χ0v) is 13.3. The van der Waals surface area contributed by atoms with Crippen molar-refractivity contribution >= 4 is 17.5 Å². The lowest BCUT2D eigenvalue weighted by atomic mass is 9.96. The van der Waals surface area contributed by atoms with Gasteiger partial charge in [0.1, 0.15) is 0 Å². The fourth-order valence-corrected chi connectivity index (χ4v) is 3.08. The molecular formula is C17H24N4O2. The zero-order valence-electron chi connectivity index (χ0n) is 13.3. The first-order valence-electron chi connectivity index (χ1n) is 8.41. The number of nitrogens with one attached hydrogen (secondary N) is 3. The van der Waals surface area contributed by atoms with E-state index >= 15 is 0 Å². The molecule has 2 aliphatic carbocycles. The van der Waals surface area contributed by atoms with E-state index in [1.165, 1.54) is 12.8 Å². The van der Waals surface area contributed by atoms with Gasteiger partial charge in [-0.3, -0.25) is 19.9 Å². The average molecular weight is 316 g/mol. The van der Waals surface area contributed by atoms with Crippen LogP contribution in [0.2, 0.25) is 0 Å². The number of hydrogen-bond acceptors (Lipinski definition) is 4. The molecule has 0 atom stereocenters. The highest BCUT2D eigenvalue weighted by Gasteiger charge is 2.41. The van der Waals surface area contributed by atoms with Crippen LogP contribution in [0.4, 0.5) is 5.69 Å². The Bertz CT molecular complexity index is 551. The van der Waals surface area contributed by atoms with E-state index in [-0.39, 0.29) is 18.4 Å². The van der Waals surface area contributed by atoms with E-state index in [4.69, 9.17) is 0 Å². The molecule has 2 aliphatic rings. The standard InChI is InChI=1S/C17H24N4O2/c22-15(21-14-4-3-9-18-11-14)12-20-17(7-1-2-8-17)16(23)19-10-13-5-6-13/h3-4,9,11,13,20H,1-2,5-8,10,12H2,(H,19,23)(H,21,22). The summed E-state index contributed by atoms with van der Waals surface area (Å²) >= 11 is 0. The largest absolute Gasteiger partial charge is 0.354 e. The van der Waals surface area contributed by atoms with E-state index in [0.717, 1.165) is 32.2 Å². The third-order valence-corrected chi connectivity index (χ3v) is 4.67. The lowest BCUT2D eigenvalue weighted by Gasteiger charge is -2.29. The van der Waals surface area contributed by atoms with Gasteiger partial charge in [-0.2, -0.15) is 0 Å². The smallest absolute Gasteiger partial charge is 0.240 e. The topological polar surface area (TPSA) is 83.1 Å². The molecule has 0 saturated heterocycles. The van der Waals surface area contributed by atoms with E-state index in [1.54, 1.807) is 24.5 Å². The molecule has 1 heterocycles. The predicted molar refractivity (Wildman–Crippen MR) is 87.8 cm³/mol. The molecule has 0 bridgehead atoms. The Kier molecular flexibility index (Phi) is 4.91. The van der Waals surface area contributed by atoms with Crippen molar-refractivity contribution in [2.75, 3.05) is 18.4 Å². The van der Waals surface area contributed by atoms with E-state index in [2.05, 4.69) is 20.9 Å². The fourth-order valence-electron chi connectivity index (χ4n) is 3.08. The summed E-state index contributed by atoms with van der Waals surface area (Å²) in [4.78, 5) is 28.6. The summed E-state index contributed by atoms with van der Waals surface area (Å²) in [5.74, 6) is 0.557. The van der Waals surface area contributed by atoms with Gasteiger partial charge in [0.2, 0.25) is 11.8 Å². The van der Waals surface area contributed by atoms with Crippen molar-refractivity contribution in [3.63, 3.8) is 0 Å². The highest BCUT2D eigenvalue weighted by molar-refractivity contribution is 5.93. The molecule has 0 unspecified atom stereocenters. The van der Waals surface area contributed by atoms with Crippen LogP contribution in [-0.4, -0.2) is 35.4 Å². The molecule has 2 fully saturated rings. The SMILES string of the molecule is O=C(CNC1(C(=O)NCC2CC2)CCCC1)Nc1cccnc1. The average Bonchev–Trinajstić information content (AvgIpc) is 3.27. The van der Waals surface area contributed by atoms with Gasteiger partial charge >= 0.3 is 0 Å². The minimum Gasteiger partial charge on any atom is -0.354 e. The summed E-state index contributed by atoms with van der Waals surface area (Å²) in [6.07, 6.45) is 9.33. The number of rotatable bonds is 7. The van der Waals surface area contributed by atoms with E-state index < -0.39 is 5.54 Å². The molecule has 6 heteroatoms. The minimum atomic E-state index is -0.582. The Morgan fingerprint density at radius 2 is 2.04 bits per heavy atom. The maximum atomic E-state index is 12.6. The zero-order chi connectivity index (χ0) is 16.1. The maximum Gasteiger partial charge on any atom is 0.240 e. The van der Waals surface area contributed by atoms with Gasteiger partial charge in [-0.1, -0.05) is 12.8 Å². The van der Waals surface area contributed by atoms with Crippen LogP contribution in [0.5, 0.6) is 0 Å². The van der Waals surface area contributed by atoms with Gasteiger partial charge in [-0.25, -0.2) is 0 Å². The van der Waals surface area contributed by atoms with Crippen LogP contribution in [0.1, 0.15) is 38.5 Å². The fraction of sp³-hybridized carbons (Fsp3) is 0.588. The second-order valence-electron chi connectivity index (χ2n) is 6.59. The first kappa shape index (κ1) is 15.9. The second-order valence-corrected chi connectivity index (χ2v) is 6.59.